The second-order valence-electron chi connectivity index (χ2n) is 6.72. The zero-order valence-corrected chi connectivity index (χ0v) is 19.8. The number of aryl methyl sites for hydroxylation is 1. The Hall–Kier alpha value is -2.62. The summed E-state index contributed by atoms with van der Waals surface area (Å²) in [6.45, 7) is 2.01. The predicted molar refractivity (Wildman–Crippen MR) is 115 cm³/mol. The van der Waals surface area contributed by atoms with Crippen molar-refractivity contribution < 1.29 is 42.5 Å². The molecular formula is C22H17N4NaO3S. The molecule has 0 aliphatic heterocycles. The summed E-state index contributed by atoms with van der Waals surface area (Å²) in [5.41, 5.74) is 9.88. The number of fused-ring (bicyclic) bond motifs is 1. The van der Waals surface area contributed by atoms with E-state index in [1.807, 2.05) is 37.3 Å². The summed E-state index contributed by atoms with van der Waals surface area (Å²) >= 11 is 0. The number of hydrogen-bond donors (Lipinski definition) is 1. The Balaban J connectivity index is 0.00000272. The normalized spacial score (nSPS) is 11.5. The molecule has 1 heterocycles. The summed E-state index contributed by atoms with van der Waals surface area (Å²) in [7, 11) is -4.71. The van der Waals surface area contributed by atoms with E-state index in [0.29, 0.717) is 11.1 Å². The average Bonchev–Trinajstić information content (AvgIpc) is 2.73. The van der Waals surface area contributed by atoms with Gasteiger partial charge in [0.1, 0.15) is 21.5 Å². The third-order valence-electron chi connectivity index (χ3n) is 4.74. The quantitative estimate of drug-likeness (QED) is 0.226. The standard InChI is InChI=1S/C22H18N4O3S.Na/c1-14-6-2-3-7-16(14)19-11-10-15(13-24-19)25-26-20-12-21(30(27,28)29)17-8-4-5-9-18(17)22(20)23;/h2-13H,23H2,1H3,(H,27,28,29);/q;+1/p-1. The molecule has 0 amide bonds. The molecule has 0 radical (unpaired) electrons. The summed E-state index contributed by atoms with van der Waals surface area (Å²) in [5, 5.41) is 8.87. The van der Waals surface area contributed by atoms with Gasteiger partial charge in [-0.15, -0.1) is 10.2 Å². The van der Waals surface area contributed by atoms with Gasteiger partial charge in [-0.25, -0.2) is 8.42 Å². The SMILES string of the molecule is Cc1ccccc1-c1ccc(N=Nc2cc(S(=O)(=O)[O-])c3ccccc3c2N)cn1.[Na+]. The van der Waals surface area contributed by atoms with Crippen molar-refractivity contribution in [2.75, 3.05) is 5.73 Å². The van der Waals surface area contributed by atoms with Crippen LogP contribution in [-0.4, -0.2) is 18.0 Å². The summed E-state index contributed by atoms with van der Waals surface area (Å²) in [6.07, 6.45) is 1.56. The van der Waals surface area contributed by atoms with E-state index in [-0.39, 0.29) is 51.2 Å². The van der Waals surface area contributed by atoms with Gasteiger partial charge in [0.15, 0.2) is 0 Å². The van der Waals surface area contributed by atoms with Gasteiger partial charge in [0, 0.05) is 16.3 Å². The van der Waals surface area contributed by atoms with E-state index < -0.39 is 10.1 Å². The van der Waals surface area contributed by atoms with Crippen LogP contribution in [0.4, 0.5) is 17.1 Å². The number of aromatic nitrogens is 1. The van der Waals surface area contributed by atoms with Crippen molar-refractivity contribution >= 4 is 38.0 Å². The van der Waals surface area contributed by atoms with Crippen LogP contribution in [0, 0.1) is 6.92 Å². The molecule has 1 aromatic heterocycles. The maximum Gasteiger partial charge on any atom is 1.00 e. The van der Waals surface area contributed by atoms with Crippen molar-refractivity contribution in [3.05, 3.63) is 78.5 Å². The molecule has 0 fully saturated rings. The molecule has 0 spiro atoms. The fourth-order valence-electron chi connectivity index (χ4n) is 3.22. The third kappa shape index (κ3) is 4.84. The van der Waals surface area contributed by atoms with Crippen molar-refractivity contribution in [2.24, 2.45) is 10.2 Å². The average molecular weight is 440 g/mol. The first kappa shape index (κ1) is 23.1. The molecule has 0 saturated carbocycles. The molecular weight excluding hydrogens is 423 g/mol. The van der Waals surface area contributed by atoms with Crippen molar-refractivity contribution in [1.82, 2.24) is 4.98 Å². The molecule has 0 unspecified atom stereocenters. The van der Waals surface area contributed by atoms with E-state index in [1.165, 1.54) is 6.07 Å². The smallest absolute Gasteiger partial charge is 0.744 e. The first-order valence-corrected chi connectivity index (χ1v) is 10.5. The molecule has 2 N–H and O–H groups in total. The van der Waals surface area contributed by atoms with Crippen molar-refractivity contribution in [3.8, 4) is 11.3 Å². The summed E-state index contributed by atoms with van der Waals surface area (Å²) in [6, 6.07) is 19.1. The molecule has 4 rings (SSSR count). The molecule has 0 atom stereocenters. The number of pyridine rings is 1. The molecule has 31 heavy (non-hydrogen) atoms. The van der Waals surface area contributed by atoms with E-state index in [4.69, 9.17) is 5.73 Å². The molecule has 9 heteroatoms. The Morgan fingerprint density at radius 1 is 0.935 bits per heavy atom. The van der Waals surface area contributed by atoms with Crippen molar-refractivity contribution in [2.45, 2.75) is 11.8 Å². The van der Waals surface area contributed by atoms with Gasteiger partial charge in [0.25, 0.3) is 0 Å². The Bertz CT molecular complexity index is 1390. The summed E-state index contributed by atoms with van der Waals surface area (Å²) in [4.78, 5) is 4.04. The van der Waals surface area contributed by atoms with Crippen LogP contribution in [0.1, 0.15) is 5.56 Å². The largest absolute Gasteiger partial charge is 1.00 e. The predicted octanol–water partition coefficient (Wildman–Crippen LogP) is 2.12. The zero-order chi connectivity index (χ0) is 21.3. The minimum Gasteiger partial charge on any atom is -0.744 e. The van der Waals surface area contributed by atoms with Crippen LogP contribution in [0.25, 0.3) is 22.0 Å². The van der Waals surface area contributed by atoms with Gasteiger partial charge in [0.2, 0.25) is 0 Å². The van der Waals surface area contributed by atoms with E-state index in [2.05, 4.69) is 15.2 Å². The number of anilines is 1. The molecule has 0 bridgehead atoms. The fraction of sp³-hybridized carbons (Fsp3) is 0.0455. The maximum atomic E-state index is 11.7. The summed E-state index contributed by atoms with van der Waals surface area (Å²) in [5.74, 6) is 0. The Morgan fingerprint density at radius 3 is 2.26 bits per heavy atom. The number of hydrogen-bond acceptors (Lipinski definition) is 7. The second kappa shape index (κ2) is 9.25. The van der Waals surface area contributed by atoms with Gasteiger partial charge >= 0.3 is 29.6 Å². The number of rotatable bonds is 4. The number of nitrogen functional groups attached to an aromatic ring is 1. The minimum absolute atomic E-state index is 0. The van der Waals surface area contributed by atoms with Crippen LogP contribution in [0.3, 0.4) is 0 Å². The number of nitrogens with zero attached hydrogens (tertiary/aromatic N) is 3. The summed E-state index contributed by atoms with van der Waals surface area (Å²) < 4.78 is 35.1. The van der Waals surface area contributed by atoms with E-state index in [9.17, 15) is 13.0 Å². The maximum absolute atomic E-state index is 11.7. The Labute approximate surface area is 202 Å². The first-order chi connectivity index (χ1) is 14.3. The fourth-order valence-corrected chi connectivity index (χ4v) is 3.92. The first-order valence-electron chi connectivity index (χ1n) is 9.05. The third-order valence-corrected chi connectivity index (χ3v) is 5.61. The zero-order valence-electron chi connectivity index (χ0n) is 17.0. The second-order valence-corrected chi connectivity index (χ2v) is 8.07. The number of azo groups is 1. The Morgan fingerprint density at radius 2 is 1.61 bits per heavy atom. The molecule has 0 aliphatic rings. The van der Waals surface area contributed by atoms with Gasteiger partial charge in [-0.3, -0.25) is 4.98 Å². The minimum atomic E-state index is -4.71. The van der Waals surface area contributed by atoms with Crippen LogP contribution in [0.15, 0.2) is 88.1 Å². The number of nitrogens with two attached hydrogens (primary N) is 1. The van der Waals surface area contributed by atoms with E-state index >= 15 is 0 Å². The molecule has 0 aliphatic carbocycles. The van der Waals surface area contributed by atoms with Crippen LogP contribution in [0.5, 0.6) is 0 Å². The van der Waals surface area contributed by atoms with Crippen molar-refractivity contribution in [3.63, 3.8) is 0 Å². The van der Waals surface area contributed by atoms with E-state index in [1.54, 1.807) is 30.5 Å². The molecule has 0 saturated heterocycles. The van der Waals surface area contributed by atoms with E-state index in [0.717, 1.165) is 22.9 Å². The van der Waals surface area contributed by atoms with Gasteiger partial charge < -0.3 is 10.3 Å². The van der Waals surface area contributed by atoms with Gasteiger partial charge in [-0.05, 0) is 30.7 Å². The Kier molecular flexibility index (Phi) is 6.88. The molecule has 4 aromatic rings. The van der Waals surface area contributed by atoms with Gasteiger partial charge in [0.05, 0.1) is 22.5 Å². The number of benzene rings is 3. The van der Waals surface area contributed by atoms with Crippen LogP contribution < -0.4 is 35.3 Å². The van der Waals surface area contributed by atoms with Crippen molar-refractivity contribution in [1.29, 1.82) is 0 Å². The molecule has 7 nitrogen and oxygen atoms in total. The molecule has 3 aromatic carbocycles. The monoisotopic (exact) mass is 440 g/mol. The molecule has 150 valence electrons. The van der Waals surface area contributed by atoms with Crippen LogP contribution >= 0.6 is 0 Å². The van der Waals surface area contributed by atoms with Crippen LogP contribution in [-0.2, 0) is 10.1 Å². The van der Waals surface area contributed by atoms with Gasteiger partial charge in [-0.2, -0.15) is 0 Å². The van der Waals surface area contributed by atoms with Gasteiger partial charge in [-0.1, -0.05) is 48.5 Å². The topological polar surface area (TPSA) is 121 Å². The van der Waals surface area contributed by atoms with Crippen LogP contribution in [0.2, 0.25) is 0 Å².